The molecule has 5 heteroatoms. The molecular weight excluding hydrogens is 332 g/mol. The average molecular weight is 361 g/mol. The molecule has 3 aliphatic rings. The highest BCUT2D eigenvalue weighted by molar-refractivity contribution is 7.99. The summed E-state index contributed by atoms with van der Waals surface area (Å²) in [7, 11) is 0. The van der Waals surface area contributed by atoms with E-state index in [-0.39, 0.29) is 11.4 Å². The zero-order valence-corrected chi connectivity index (χ0v) is 15.7. The molecule has 4 nitrogen and oxygen atoms in total. The van der Waals surface area contributed by atoms with Crippen molar-refractivity contribution in [1.29, 1.82) is 0 Å². The number of benzene rings is 1. The maximum Gasteiger partial charge on any atom is 0.224 e. The largest absolute Gasteiger partial charge is 0.379 e. The molecule has 1 atom stereocenters. The number of carbonyl (C=O) groups is 1. The number of hydrogen-bond donors (Lipinski definition) is 1. The molecular formula is C20H28N2O2S. The topological polar surface area (TPSA) is 41.6 Å². The summed E-state index contributed by atoms with van der Waals surface area (Å²) in [5.41, 5.74) is 4.20. The van der Waals surface area contributed by atoms with Gasteiger partial charge in [-0.25, -0.2) is 0 Å². The van der Waals surface area contributed by atoms with E-state index in [0.717, 1.165) is 50.6 Å². The first kappa shape index (κ1) is 17.4. The van der Waals surface area contributed by atoms with E-state index in [1.54, 1.807) is 0 Å². The fourth-order valence-corrected chi connectivity index (χ4v) is 5.86. The Morgan fingerprint density at radius 3 is 2.88 bits per heavy atom. The molecule has 2 aliphatic heterocycles. The number of nitrogens with one attached hydrogen (secondary N) is 1. The lowest BCUT2D eigenvalue weighted by atomic mass is 9.95. The second-order valence-electron chi connectivity index (χ2n) is 7.54. The van der Waals surface area contributed by atoms with Gasteiger partial charge in [-0.3, -0.25) is 9.69 Å². The van der Waals surface area contributed by atoms with Crippen LogP contribution in [-0.2, 0) is 28.8 Å². The van der Waals surface area contributed by atoms with Gasteiger partial charge in [-0.2, -0.15) is 11.8 Å². The predicted molar refractivity (Wildman–Crippen MR) is 102 cm³/mol. The van der Waals surface area contributed by atoms with Crippen molar-refractivity contribution in [3.05, 3.63) is 34.9 Å². The minimum absolute atomic E-state index is 0.127. The minimum atomic E-state index is 0.127. The normalized spacial score (nSPS) is 26.6. The van der Waals surface area contributed by atoms with Gasteiger partial charge in [-0.15, -0.1) is 0 Å². The summed E-state index contributed by atoms with van der Waals surface area (Å²) in [5.74, 6) is 2.46. The zero-order chi connectivity index (χ0) is 17.1. The minimum Gasteiger partial charge on any atom is -0.379 e. The highest BCUT2D eigenvalue weighted by Gasteiger charge is 2.40. The molecule has 2 heterocycles. The molecule has 1 unspecified atom stereocenters. The van der Waals surface area contributed by atoms with Crippen molar-refractivity contribution in [2.45, 2.75) is 37.6 Å². The van der Waals surface area contributed by atoms with Gasteiger partial charge in [0.05, 0.1) is 19.6 Å². The third kappa shape index (κ3) is 3.88. The van der Waals surface area contributed by atoms with Crippen LogP contribution < -0.4 is 5.32 Å². The maximum atomic E-state index is 12.5. The van der Waals surface area contributed by atoms with Gasteiger partial charge in [0.2, 0.25) is 5.91 Å². The standard InChI is InChI=1S/C20H28N2O2S/c23-19(13-16-4-5-17-2-1-3-18(17)12-16)21-14-20(6-11-25-15-20)22-7-9-24-10-8-22/h4-5,12H,1-3,6-11,13-15H2,(H,21,23). The monoisotopic (exact) mass is 360 g/mol. The van der Waals surface area contributed by atoms with Crippen molar-refractivity contribution in [3.63, 3.8) is 0 Å². The summed E-state index contributed by atoms with van der Waals surface area (Å²) >= 11 is 2.01. The van der Waals surface area contributed by atoms with Gasteiger partial charge in [0.25, 0.3) is 0 Å². The average Bonchev–Trinajstić information content (AvgIpc) is 3.30. The molecule has 1 aliphatic carbocycles. The Morgan fingerprint density at radius 2 is 2.08 bits per heavy atom. The Bertz CT molecular complexity index is 622. The van der Waals surface area contributed by atoms with Gasteiger partial charge in [0.1, 0.15) is 0 Å². The first-order valence-corrected chi connectivity index (χ1v) is 10.7. The number of aryl methyl sites for hydroxylation is 2. The van der Waals surface area contributed by atoms with Gasteiger partial charge in [0.15, 0.2) is 0 Å². The van der Waals surface area contributed by atoms with E-state index in [9.17, 15) is 4.79 Å². The van der Waals surface area contributed by atoms with Crippen LogP contribution in [0.25, 0.3) is 0 Å². The maximum absolute atomic E-state index is 12.5. The molecule has 0 saturated carbocycles. The van der Waals surface area contributed by atoms with Gasteiger partial charge < -0.3 is 10.1 Å². The van der Waals surface area contributed by atoms with E-state index in [0.29, 0.717) is 6.42 Å². The molecule has 136 valence electrons. The van der Waals surface area contributed by atoms with Crippen LogP contribution in [0.15, 0.2) is 18.2 Å². The van der Waals surface area contributed by atoms with E-state index < -0.39 is 0 Å². The molecule has 2 fully saturated rings. The van der Waals surface area contributed by atoms with E-state index in [1.165, 1.54) is 36.1 Å². The van der Waals surface area contributed by atoms with Gasteiger partial charge in [-0.1, -0.05) is 18.2 Å². The molecule has 1 N–H and O–H groups in total. The highest BCUT2D eigenvalue weighted by Crippen LogP contribution is 2.33. The number of hydrogen-bond acceptors (Lipinski definition) is 4. The summed E-state index contributed by atoms with van der Waals surface area (Å²) in [6.07, 6.45) is 5.28. The lowest BCUT2D eigenvalue weighted by Crippen LogP contribution is -2.59. The Hall–Kier alpha value is -1.04. The third-order valence-corrected chi connectivity index (χ3v) is 7.14. The molecule has 0 aromatic heterocycles. The van der Waals surface area contributed by atoms with Crippen LogP contribution in [0.2, 0.25) is 0 Å². The van der Waals surface area contributed by atoms with Crippen LogP contribution in [0, 0.1) is 0 Å². The number of nitrogens with zero attached hydrogens (tertiary/aromatic N) is 1. The Labute approximate surface area is 154 Å². The predicted octanol–water partition coefficient (Wildman–Crippen LogP) is 2.04. The first-order valence-electron chi connectivity index (χ1n) is 9.53. The Balaban J connectivity index is 1.35. The van der Waals surface area contributed by atoms with Gasteiger partial charge in [-0.05, 0) is 48.1 Å². The summed E-state index contributed by atoms with van der Waals surface area (Å²) < 4.78 is 5.51. The fourth-order valence-electron chi connectivity index (χ4n) is 4.38. The molecule has 0 spiro atoms. The molecule has 0 radical (unpaired) electrons. The van der Waals surface area contributed by atoms with Crippen molar-refractivity contribution < 1.29 is 9.53 Å². The van der Waals surface area contributed by atoms with E-state index in [4.69, 9.17) is 4.74 Å². The zero-order valence-electron chi connectivity index (χ0n) is 14.9. The smallest absolute Gasteiger partial charge is 0.224 e. The molecule has 25 heavy (non-hydrogen) atoms. The third-order valence-electron chi connectivity index (χ3n) is 5.91. The highest BCUT2D eigenvalue weighted by atomic mass is 32.2. The molecule has 1 aromatic carbocycles. The van der Waals surface area contributed by atoms with Crippen LogP contribution in [0.3, 0.4) is 0 Å². The van der Waals surface area contributed by atoms with E-state index in [1.807, 2.05) is 11.8 Å². The lowest BCUT2D eigenvalue weighted by Gasteiger charge is -2.43. The van der Waals surface area contributed by atoms with Crippen molar-refractivity contribution in [2.75, 3.05) is 44.4 Å². The fraction of sp³-hybridized carbons (Fsp3) is 0.650. The molecule has 4 rings (SSSR count). The number of fused-ring (bicyclic) bond motifs is 1. The van der Waals surface area contributed by atoms with E-state index in [2.05, 4.69) is 28.4 Å². The van der Waals surface area contributed by atoms with Gasteiger partial charge in [0, 0.05) is 30.9 Å². The number of thioether (sulfide) groups is 1. The summed E-state index contributed by atoms with van der Waals surface area (Å²) in [4.78, 5) is 15.1. The van der Waals surface area contributed by atoms with Crippen LogP contribution in [-0.4, -0.2) is 60.7 Å². The molecule has 1 aromatic rings. The number of amides is 1. The SMILES string of the molecule is O=C(Cc1ccc2c(c1)CCC2)NCC1(N2CCOCC2)CCSC1. The summed E-state index contributed by atoms with van der Waals surface area (Å²) in [6, 6.07) is 6.59. The van der Waals surface area contributed by atoms with Crippen LogP contribution >= 0.6 is 11.8 Å². The summed E-state index contributed by atoms with van der Waals surface area (Å²) in [5, 5.41) is 3.24. The second-order valence-corrected chi connectivity index (χ2v) is 8.64. The Kier molecular flexibility index (Phi) is 5.34. The number of carbonyl (C=O) groups excluding carboxylic acids is 1. The first-order chi connectivity index (χ1) is 12.3. The quantitative estimate of drug-likeness (QED) is 0.873. The molecule has 1 amide bonds. The van der Waals surface area contributed by atoms with Crippen LogP contribution in [0.1, 0.15) is 29.5 Å². The summed E-state index contributed by atoms with van der Waals surface area (Å²) in [6.45, 7) is 4.37. The van der Waals surface area contributed by atoms with Crippen molar-refractivity contribution in [2.24, 2.45) is 0 Å². The second kappa shape index (κ2) is 7.68. The number of morpholine rings is 1. The molecule has 0 bridgehead atoms. The number of rotatable bonds is 5. The van der Waals surface area contributed by atoms with Crippen LogP contribution in [0.5, 0.6) is 0 Å². The van der Waals surface area contributed by atoms with Crippen molar-refractivity contribution in [1.82, 2.24) is 10.2 Å². The van der Waals surface area contributed by atoms with Crippen molar-refractivity contribution >= 4 is 17.7 Å². The number of ether oxygens (including phenoxy) is 1. The lowest BCUT2D eigenvalue weighted by molar-refractivity contribution is -0.121. The van der Waals surface area contributed by atoms with Crippen molar-refractivity contribution in [3.8, 4) is 0 Å². The molecule has 2 saturated heterocycles. The van der Waals surface area contributed by atoms with Gasteiger partial charge >= 0.3 is 0 Å². The van der Waals surface area contributed by atoms with E-state index >= 15 is 0 Å². The Morgan fingerprint density at radius 1 is 1.24 bits per heavy atom. The van der Waals surface area contributed by atoms with Crippen LogP contribution in [0.4, 0.5) is 0 Å².